The molecule has 0 aromatic heterocycles. The number of benzene rings is 15. The minimum Gasteiger partial charge on any atom is -0.665 e. The van der Waals surface area contributed by atoms with E-state index in [4.69, 9.17) is 30.7 Å². The summed E-state index contributed by atoms with van der Waals surface area (Å²) >= 11 is 0. The van der Waals surface area contributed by atoms with Crippen LogP contribution < -0.4 is 0 Å². The molecular weight excluding hydrogens is 2080 g/mol. The molecule has 5 saturated heterocycles. The van der Waals surface area contributed by atoms with Gasteiger partial charge in [0.05, 0.1) is 0 Å². The van der Waals surface area contributed by atoms with E-state index in [0.29, 0.717) is 12.1 Å². The molecule has 0 unspecified atom stereocenters. The number of nitrogens with zero attached hydrogens (tertiary/aromatic N) is 18. The van der Waals surface area contributed by atoms with Crippen LogP contribution in [0.5, 0.6) is 0 Å². The number of hydrogen-bond acceptors (Lipinski definition) is 7. The van der Waals surface area contributed by atoms with Crippen LogP contribution in [0.3, 0.4) is 0 Å². The first-order chi connectivity index (χ1) is 70.3. The Morgan fingerprint density at radius 2 is 0.378 bits per heavy atom. The zero-order valence-electron chi connectivity index (χ0n) is 87.4. The van der Waals surface area contributed by atoms with Gasteiger partial charge in [0.2, 0.25) is 0 Å². The average molecular weight is 2230 g/mol. The summed E-state index contributed by atoms with van der Waals surface area (Å²) in [5.41, 5.74) is 7.16. The Labute approximate surface area is 935 Å². The summed E-state index contributed by atoms with van der Waals surface area (Å²) in [7, 11) is 0. The second-order valence-corrected chi connectivity index (χ2v) is 39.9. The SMILES string of the molecule is C1COCC[N-]CCOCC[N-]1.C1C[N-]CC[N-]CC[N-]CC[N-]1.C[C@@H]1CC(C)(C)[N-]CC[N-][C@@H](C)CC(C)(C)[N-]CC[N-]1.[Cu+2].[Cu].[Cu].[Cu].[Cu].c1ccc2c(CN3CCN(Cc4c5ccccc5cc5ccccc45)CCN(Cc4c5ccccc5cc5ccccc45)CCN(Cc4c5ccccc5cc5ccccc45)CC3)c3ccccc3cc2c1.c1ccc2c(CN3CC[N-]CC[N-]CC[N-]CC3)c3ccccc3cc2c1. The van der Waals surface area contributed by atoms with Gasteiger partial charge in [-0.25, -0.2) is 0 Å². The molecule has 5 heterocycles. The fourth-order valence-corrected chi connectivity index (χ4v) is 21.0. The maximum atomic E-state index is 5.28. The molecule has 25 heteroatoms. The van der Waals surface area contributed by atoms with E-state index in [1.165, 1.54) is 136 Å². The van der Waals surface area contributed by atoms with Crippen molar-refractivity contribution in [2.45, 2.75) is 110 Å². The van der Waals surface area contributed by atoms with Crippen LogP contribution >= 0.6 is 0 Å². The minimum atomic E-state index is 0. The fourth-order valence-electron chi connectivity index (χ4n) is 21.0. The molecule has 811 valence electrons. The largest absolute Gasteiger partial charge is 2.00 e. The maximum Gasteiger partial charge on any atom is 2.00 e. The first-order valence-electron chi connectivity index (χ1n) is 52.9. The first kappa shape index (κ1) is 121. The van der Waals surface area contributed by atoms with E-state index in [2.05, 4.69) is 387 Å². The van der Waals surface area contributed by atoms with Gasteiger partial charge in [0.15, 0.2) is 0 Å². The van der Waals surface area contributed by atoms with Crippen molar-refractivity contribution < 1.29 is 94.8 Å². The molecule has 0 aliphatic carbocycles. The zero-order chi connectivity index (χ0) is 98.3. The van der Waals surface area contributed by atoms with E-state index >= 15 is 0 Å². The van der Waals surface area contributed by atoms with Gasteiger partial charge >= 0.3 is 17.1 Å². The monoisotopic (exact) mass is 2230 g/mol. The van der Waals surface area contributed by atoms with Crippen LogP contribution in [0.25, 0.3) is 177 Å². The summed E-state index contributed by atoms with van der Waals surface area (Å²) in [5, 5.41) is 85.1. The average Bonchev–Trinajstić information content (AvgIpc) is 0.783. The van der Waals surface area contributed by atoms with Gasteiger partial charge < -0.3 is 83.5 Å². The summed E-state index contributed by atoms with van der Waals surface area (Å²) in [4.78, 5) is 13.7. The second-order valence-electron chi connectivity index (χ2n) is 39.9. The molecule has 148 heavy (non-hydrogen) atoms. The van der Waals surface area contributed by atoms with Crippen molar-refractivity contribution in [1.82, 2.24) is 24.5 Å². The van der Waals surface area contributed by atoms with Gasteiger partial charge in [-0.1, -0.05) is 297 Å². The van der Waals surface area contributed by atoms with Gasteiger partial charge in [-0.2, -0.15) is 105 Å². The molecule has 2 atom stereocenters. The molecule has 0 spiro atoms. The number of hydrogen-bond donors (Lipinski definition) is 0. The Morgan fingerprint density at radius 3 is 0.568 bits per heavy atom. The predicted octanol–water partition coefficient (Wildman–Crippen LogP) is 27.0. The normalized spacial score (nSPS) is 19.2. The van der Waals surface area contributed by atoms with Crippen molar-refractivity contribution in [2.75, 3.05) is 236 Å². The Bertz CT molecular complexity index is 5490. The number of fused-ring (bicyclic) bond motifs is 10. The summed E-state index contributed by atoms with van der Waals surface area (Å²) < 4.78 is 10.6. The third kappa shape index (κ3) is 37.0. The molecule has 20 nitrogen and oxygen atoms in total. The van der Waals surface area contributed by atoms with Crippen LogP contribution in [-0.2, 0) is 128 Å². The van der Waals surface area contributed by atoms with Crippen LogP contribution in [0.4, 0.5) is 0 Å². The van der Waals surface area contributed by atoms with Crippen molar-refractivity contribution in [3.05, 3.63) is 370 Å². The summed E-state index contributed by atoms with van der Waals surface area (Å²) in [6, 6.07) is 102. The molecule has 0 N–H and O–H groups in total. The molecule has 15 aromatic rings. The molecule has 5 radical (unpaired) electrons. The zero-order valence-corrected chi connectivity index (χ0v) is 92.1. The van der Waals surface area contributed by atoms with Crippen LogP contribution in [0.1, 0.15) is 82.2 Å². The van der Waals surface area contributed by atoms with Gasteiger partial charge in [0.25, 0.3) is 0 Å². The molecule has 0 bridgehead atoms. The van der Waals surface area contributed by atoms with Gasteiger partial charge in [-0.05, 0) is 179 Å². The molecule has 0 amide bonds. The quantitative estimate of drug-likeness (QED) is 0.0951. The van der Waals surface area contributed by atoms with Crippen molar-refractivity contribution in [3.8, 4) is 0 Å². The molecule has 0 saturated carbocycles. The van der Waals surface area contributed by atoms with Crippen LogP contribution in [0.2, 0.25) is 0 Å². The van der Waals surface area contributed by atoms with Gasteiger partial charge in [0.1, 0.15) is 0 Å². The number of rotatable bonds is 10. The van der Waals surface area contributed by atoms with E-state index in [1.54, 1.807) is 0 Å². The molecular formula is C123H151Cu5N18O2-11. The van der Waals surface area contributed by atoms with Crippen molar-refractivity contribution >= 4 is 108 Å². The standard InChI is InChI=1S/C68H60N4.C23H27N4.C16H32N4.C8H16N4.C8H16N2O2.5Cu/c1-9-25-57-49(17-1)41-50-18-2-10-26-58(50)65(57)45-69-33-35-70(46-66-59-27-11-3-19-51(59)42-52-20-4-12-28-60(52)66)37-39-72(48-68-63-31-15-7-23-55(63)44-56-24-8-16-32-64(56)68)40-38-71(36-34-69)47-67-61-29-13-5-21-53(61)43-54-22-6-14-30-62(54)67;1-3-7-21-19(5-1)17-20-6-2-4-8-22(20)23(21)18-27-15-13-25-11-9-24-10-12-26-14-16-27;1-13-11-15(3,4)19-10-8-18-14(2)12-16(5,6)20-9-7-17-13;1-2-10-5-6-12-8-7-11-4-3-9-1;1-5-11-7-3-10-4-8-12-6-2-9-1;;;;;/h1-32,41-44H,33-40,45-48H2;1-8,17H,9-16,18H2;13-14H,7-12H2,1-6H3;2*1-8H2;;;;;/q;-3;2*-4;-2;;;;;+2/t;;13-,14+;;;;;;;. The molecule has 5 fully saturated rings. The third-order valence-corrected chi connectivity index (χ3v) is 28.2. The first-order valence-corrected chi connectivity index (χ1v) is 52.9. The molecule has 5 aliphatic rings. The maximum absolute atomic E-state index is 5.28. The Kier molecular flexibility index (Phi) is 52.9. The smallest absolute Gasteiger partial charge is 0.665 e. The second kappa shape index (κ2) is 64.8. The summed E-state index contributed by atoms with van der Waals surface area (Å²) in [5.74, 6) is 0. The van der Waals surface area contributed by atoms with E-state index in [0.717, 1.165) is 281 Å². The van der Waals surface area contributed by atoms with Crippen LogP contribution in [-0.4, -0.2) is 284 Å². The topological polar surface area (TPSA) is 218 Å². The minimum absolute atomic E-state index is 0. The fraction of sp³-hybridized carbons (Fsp3) is 0.431. The number of ether oxygens (including phenoxy) is 2. The Balaban J connectivity index is 0.000000222. The van der Waals surface area contributed by atoms with Crippen molar-refractivity contribution in [1.29, 1.82) is 0 Å². The molecule has 20 rings (SSSR count). The van der Waals surface area contributed by atoms with Gasteiger partial charge in [-0.15, -0.1) is 62.4 Å². The Morgan fingerprint density at radius 1 is 0.216 bits per heavy atom. The van der Waals surface area contributed by atoms with E-state index in [1.807, 2.05) is 0 Å². The van der Waals surface area contributed by atoms with Gasteiger partial charge in [-0.3, -0.25) is 19.6 Å². The summed E-state index contributed by atoms with van der Waals surface area (Å²) in [6.07, 6.45) is 2.01. The third-order valence-electron chi connectivity index (χ3n) is 28.2. The Hall–Kier alpha value is -7.30. The molecule has 15 aromatic carbocycles. The van der Waals surface area contributed by atoms with E-state index in [-0.39, 0.29) is 96.4 Å². The van der Waals surface area contributed by atoms with E-state index in [9.17, 15) is 0 Å². The van der Waals surface area contributed by atoms with Crippen molar-refractivity contribution in [2.24, 2.45) is 0 Å². The van der Waals surface area contributed by atoms with Gasteiger partial charge in [0, 0.05) is 180 Å². The summed E-state index contributed by atoms with van der Waals surface area (Å²) in [6.45, 7) is 48.5. The predicted molar refractivity (Wildman–Crippen MR) is 612 cm³/mol. The van der Waals surface area contributed by atoms with Crippen molar-refractivity contribution in [3.63, 3.8) is 0 Å². The van der Waals surface area contributed by atoms with E-state index < -0.39 is 0 Å². The molecule has 5 aliphatic heterocycles. The van der Waals surface area contributed by atoms with Crippen LogP contribution in [0.15, 0.2) is 273 Å². The van der Waals surface area contributed by atoms with Crippen LogP contribution in [0, 0.1) is 0 Å².